The van der Waals surface area contributed by atoms with Crippen LogP contribution in [0.5, 0.6) is 0 Å². The zero-order valence-electron chi connectivity index (χ0n) is 16.7. The van der Waals surface area contributed by atoms with Gasteiger partial charge in [0.25, 0.3) is 0 Å². The number of H-pyrrole nitrogens is 1. The van der Waals surface area contributed by atoms with Gasteiger partial charge in [-0.15, -0.1) is 0 Å². The van der Waals surface area contributed by atoms with Crippen LogP contribution in [0.15, 0.2) is 60.7 Å². The highest BCUT2D eigenvalue weighted by Gasteiger charge is 2.31. The number of primary amides is 1. The van der Waals surface area contributed by atoms with Crippen LogP contribution in [0.25, 0.3) is 33.5 Å². The first kappa shape index (κ1) is 21.1. The standard InChI is InChI=1S/C23H16F3N3O3/c1-32-22(31)16-10-13(12-5-3-2-4-6-12)9-15(19(16)20(27)30)21-28-17-8-7-14(23(24,25)26)11-18(17)29-21/h2-11H,1H3,(H2,27,30)(H,28,29). The summed E-state index contributed by atoms with van der Waals surface area (Å²) in [6.45, 7) is 0. The number of ether oxygens (including phenoxy) is 1. The Labute approximate surface area is 179 Å². The average molecular weight is 439 g/mol. The summed E-state index contributed by atoms with van der Waals surface area (Å²) < 4.78 is 44.1. The Morgan fingerprint density at radius 2 is 1.72 bits per heavy atom. The van der Waals surface area contributed by atoms with E-state index in [4.69, 9.17) is 10.5 Å². The largest absolute Gasteiger partial charge is 0.465 e. The van der Waals surface area contributed by atoms with Gasteiger partial charge in [-0.3, -0.25) is 4.79 Å². The Bertz CT molecular complexity index is 1350. The predicted molar refractivity (Wildman–Crippen MR) is 112 cm³/mol. The van der Waals surface area contributed by atoms with Gasteiger partial charge in [0.05, 0.1) is 34.8 Å². The first-order chi connectivity index (χ1) is 15.2. The number of halogens is 3. The number of aromatic nitrogens is 2. The van der Waals surface area contributed by atoms with Gasteiger partial charge in [-0.25, -0.2) is 9.78 Å². The number of hydrogen-bond donors (Lipinski definition) is 2. The number of aromatic amines is 1. The fourth-order valence-electron chi connectivity index (χ4n) is 3.47. The van der Waals surface area contributed by atoms with Crippen molar-refractivity contribution in [2.24, 2.45) is 5.73 Å². The summed E-state index contributed by atoms with van der Waals surface area (Å²) in [6.07, 6.45) is -4.53. The molecule has 9 heteroatoms. The quantitative estimate of drug-likeness (QED) is 0.446. The van der Waals surface area contributed by atoms with Gasteiger partial charge in [0.15, 0.2) is 0 Å². The molecular formula is C23H16F3N3O3. The summed E-state index contributed by atoms with van der Waals surface area (Å²) in [7, 11) is 1.17. The van der Waals surface area contributed by atoms with Crippen LogP contribution in [0.2, 0.25) is 0 Å². The van der Waals surface area contributed by atoms with Gasteiger partial charge in [0.2, 0.25) is 5.91 Å². The second-order valence-corrected chi connectivity index (χ2v) is 6.98. The van der Waals surface area contributed by atoms with Gasteiger partial charge in [-0.05, 0) is 41.5 Å². The van der Waals surface area contributed by atoms with Crippen molar-refractivity contribution < 1.29 is 27.5 Å². The van der Waals surface area contributed by atoms with E-state index in [0.29, 0.717) is 11.1 Å². The molecule has 4 rings (SSSR count). The number of methoxy groups -OCH3 is 1. The number of benzene rings is 3. The van der Waals surface area contributed by atoms with E-state index in [2.05, 4.69) is 9.97 Å². The lowest BCUT2D eigenvalue weighted by Crippen LogP contribution is -2.19. The fraction of sp³-hybridized carbons (Fsp3) is 0.0870. The highest BCUT2D eigenvalue weighted by atomic mass is 19.4. The molecule has 0 saturated heterocycles. The van der Waals surface area contributed by atoms with Crippen molar-refractivity contribution in [2.45, 2.75) is 6.18 Å². The van der Waals surface area contributed by atoms with Crippen LogP contribution in [0, 0.1) is 0 Å². The molecule has 1 amide bonds. The number of rotatable bonds is 4. The Balaban J connectivity index is 2.00. The number of amides is 1. The first-order valence-corrected chi connectivity index (χ1v) is 9.38. The Hall–Kier alpha value is -4.14. The van der Waals surface area contributed by atoms with Gasteiger partial charge in [0, 0.05) is 5.56 Å². The maximum Gasteiger partial charge on any atom is 0.416 e. The van der Waals surface area contributed by atoms with Crippen molar-refractivity contribution in [3.8, 4) is 22.5 Å². The Kier molecular flexibility index (Phi) is 5.17. The summed E-state index contributed by atoms with van der Waals surface area (Å²) in [6, 6.07) is 15.2. The highest BCUT2D eigenvalue weighted by molar-refractivity contribution is 6.10. The molecule has 0 atom stereocenters. The number of nitrogens with one attached hydrogen (secondary N) is 1. The van der Waals surface area contributed by atoms with Crippen molar-refractivity contribution in [3.63, 3.8) is 0 Å². The topological polar surface area (TPSA) is 98.1 Å². The monoisotopic (exact) mass is 439 g/mol. The van der Waals surface area contributed by atoms with E-state index >= 15 is 0 Å². The zero-order chi connectivity index (χ0) is 23.0. The van der Waals surface area contributed by atoms with Crippen molar-refractivity contribution >= 4 is 22.9 Å². The average Bonchev–Trinajstić information content (AvgIpc) is 3.21. The van der Waals surface area contributed by atoms with Gasteiger partial charge >= 0.3 is 12.1 Å². The van der Waals surface area contributed by atoms with Crippen molar-refractivity contribution in [2.75, 3.05) is 7.11 Å². The van der Waals surface area contributed by atoms with E-state index in [-0.39, 0.29) is 28.0 Å². The minimum atomic E-state index is -4.53. The molecule has 0 aliphatic heterocycles. The van der Waals surface area contributed by atoms with Crippen molar-refractivity contribution in [1.29, 1.82) is 0 Å². The number of esters is 1. The molecule has 0 unspecified atom stereocenters. The summed E-state index contributed by atoms with van der Waals surface area (Å²) in [5.74, 6) is -1.60. The molecule has 1 aromatic heterocycles. The molecule has 0 aliphatic rings. The molecular weight excluding hydrogens is 423 g/mol. The van der Waals surface area contributed by atoms with E-state index in [1.807, 2.05) is 6.07 Å². The third kappa shape index (κ3) is 3.80. The van der Waals surface area contributed by atoms with Gasteiger partial charge < -0.3 is 15.5 Å². The van der Waals surface area contributed by atoms with Gasteiger partial charge in [-0.1, -0.05) is 30.3 Å². The van der Waals surface area contributed by atoms with Crippen LogP contribution < -0.4 is 5.73 Å². The normalized spacial score (nSPS) is 11.5. The second-order valence-electron chi connectivity index (χ2n) is 6.98. The molecule has 0 saturated carbocycles. The van der Waals surface area contributed by atoms with E-state index in [0.717, 1.165) is 17.7 Å². The Morgan fingerprint density at radius 1 is 1.00 bits per heavy atom. The van der Waals surface area contributed by atoms with Crippen LogP contribution in [-0.4, -0.2) is 29.0 Å². The van der Waals surface area contributed by atoms with Crippen LogP contribution in [0.4, 0.5) is 13.2 Å². The molecule has 0 aliphatic carbocycles. The van der Waals surface area contributed by atoms with Gasteiger partial charge in [0.1, 0.15) is 5.82 Å². The molecule has 6 nitrogen and oxygen atoms in total. The van der Waals surface area contributed by atoms with E-state index in [9.17, 15) is 22.8 Å². The third-order valence-corrected chi connectivity index (χ3v) is 4.96. The minimum Gasteiger partial charge on any atom is -0.465 e. The van der Waals surface area contributed by atoms with E-state index in [1.165, 1.54) is 19.2 Å². The number of fused-ring (bicyclic) bond motifs is 1. The number of carbonyl (C=O) groups excluding carboxylic acids is 2. The summed E-state index contributed by atoms with van der Waals surface area (Å²) in [4.78, 5) is 31.9. The number of alkyl halides is 3. The number of nitrogens with zero attached hydrogens (tertiary/aromatic N) is 1. The molecule has 0 bridgehead atoms. The molecule has 4 aromatic rings. The molecule has 0 spiro atoms. The maximum atomic E-state index is 13.1. The predicted octanol–water partition coefficient (Wildman–Crippen LogP) is 4.80. The van der Waals surface area contributed by atoms with E-state index in [1.54, 1.807) is 30.3 Å². The number of nitrogens with two attached hydrogens (primary N) is 1. The lowest BCUT2D eigenvalue weighted by molar-refractivity contribution is -0.137. The molecule has 0 fully saturated rings. The number of imidazole rings is 1. The smallest absolute Gasteiger partial charge is 0.416 e. The Morgan fingerprint density at radius 3 is 2.34 bits per heavy atom. The van der Waals surface area contributed by atoms with Crippen molar-refractivity contribution in [3.05, 3.63) is 77.4 Å². The first-order valence-electron chi connectivity index (χ1n) is 9.38. The van der Waals surface area contributed by atoms with E-state index < -0.39 is 23.6 Å². The number of hydrogen-bond acceptors (Lipinski definition) is 4. The lowest BCUT2D eigenvalue weighted by Gasteiger charge is -2.13. The molecule has 3 N–H and O–H groups in total. The number of carbonyl (C=O) groups is 2. The highest BCUT2D eigenvalue weighted by Crippen LogP contribution is 2.34. The summed E-state index contributed by atoms with van der Waals surface area (Å²) in [5.41, 5.74) is 6.36. The van der Waals surface area contributed by atoms with Crippen LogP contribution in [0.1, 0.15) is 26.3 Å². The lowest BCUT2D eigenvalue weighted by atomic mass is 9.93. The molecule has 1 heterocycles. The molecule has 3 aromatic carbocycles. The molecule has 32 heavy (non-hydrogen) atoms. The second kappa shape index (κ2) is 7.84. The van der Waals surface area contributed by atoms with Crippen molar-refractivity contribution in [1.82, 2.24) is 9.97 Å². The fourth-order valence-corrected chi connectivity index (χ4v) is 3.47. The maximum absolute atomic E-state index is 13.1. The summed E-state index contributed by atoms with van der Waals surface area (Å²) in [5, 5.41) is 0. The molecule has 0 radical (unpaired) electrons. The van der Waals surface area contributed by atoms with Crippen LogP contribution in [-0.2, 0) is 10.9 Å². The SMILES string of the molecule is COC(=O)c1cc(-c2ccccc2)cc(-c2nc3cc(C(F)(F)F)ccc3[nH]2)c1C(N)=O. The van der Waals surface area contributed by atoms with Gasteiger partial charge in [-0.2, -0.15) is 13.2 Å². The van der Waals surface area contributed by atoms with Crippen LogP contribution in [0.3, 0.4) is 0 Å². The third-order valence-electron chi connectivity index (χ3n) is 4.96. The minimum absolute atomic E-state index is 0.0509. The molecule has 162 valence electrons. The van der Waals surface area contributed by atoms with Crippen LogP contribution >= 0.6 is 0 Å². The zero-order valence-corrected chi connectivity index (χ0v) is 16.7. The summed E-state index contributed by atoms with van der Waals surface area (Å²) >= 11 is 0.